The minimum Gasteiger partial charge on any atom is -0.495 e. The Labute approximate surface area is 167 Å². The van der Waals surface area contributed by atoms with E-state index >= 15 is 0 Å². The summed E-state index contributed by atoms with van der Waals surface area (Å²) in [6, 6.07) is 15.2. The minimum atomic E-state index is -0.105. The molecule has 0 spiro atoms. The Bertz CT molecular complexity index is 915. The van der Waals surface area contributed by atoms with E-state index < -0.39 is 0 Å². The van der Waals surface area contributed by atoms with Crippen LogP contribution >= 0.6 is 22.9 Å². The quantitative estimate of drug-likeness (QED) is 0.638. The van der Waals surface area contributed by atoms with Crippen molar-refractivity contribution in [2.45, 2.75) is 6.54 Å². The van der Waals surface area contributed by atoms with Crippen molar-refractivity contribution in [3.63, 3.8) is 0 Å². The number of halogens is 1. The van der Waals surface area contributed by atoms with E-state index in [1.54, 1.807) is 36.6 Å². The van der Waals surface area contributed by atoms with Crippen LogP contribution in [0.5, 0.6) is 5.75 Å². The third-order valence-electron chi connectivity index (χ3n) is 3.95. The highest BCUT2D eigenvalue weighted by Gasteiger charge is 2.15. The van der Waals surface area contributed by atoms with Gasteiger partial charge in [0, 0.05) is 16.0 Å². The highest BCUT2D eigenvalue weighted by atomic mass is 35.5. The maximum Gasteiger partial charge on any atom is 0.279 e. The molecule has 2 N–H and O–H groups in total. The number of ether oxygens (including phenoxy) is 1. The van der Waals surface area contributed by atoms with Crippen molar-refractivity contribution in [3.8, 4) is 16.3 Å². The molecule has 5 nitrogen and oxygen atoms in total. The first kappa shape index (κ1) is 19.4. The van der Waals surface area contributed by atoms with Gasteiger partial charge in [0.15, 0.2) is 6.54 Å². The van der Waals surface area contributed by atoms with Crippen LogP contribution in [0.15, 0.2) is 53.9 Å². The molecule has 140 valence electrons. The van der Waals surface area contributed by atoms with E-state index in [0.29, 0.717) is 29.5 Å². The molecule has 1 aromatic heterocycles. The predicted molar refractivity (Wildman–Crippen MR) is 110 cm³/mol. The van der Waals surface area contributed by atoms with Crippen molar-refractivity contribution in [3.05, 3.63) is 64.6 Å². The van der Waals surface area contributed by atoms with Crippen LogP contribution in [0, 0.1) is 0 Å². The Hall–Kier alpha value is -2.41. The summed E-state index contributed by atoms with van der Waals surface area (Å²) >= 11 is 7.62. The van der Waals surface area contributed by atoms with Crippen LogP contribution < -0.4 is 15.0 Å². The Balaban J connectivity index is 1.58. The fourth-order valence-corrected chi connectivity index (χ4v) is 3.72. The topological polar surface area (TPSA) is 55.7 Å². The van der Waals surface area contributed by atoms with Gasteiger partial charge in [-0.15, -0.1) is 11.3 Å². The van der Waals surface area contributed by atoms with Crippen LogP contribution in [0.25, 0.3) is 10.6 Å². The predicted octanol–water partition coefficient (Wildman–Crippen LogP) is 3.13. The number of aromatic nitrogens is 1. The van der Waals surface area contributed by atoms with Gasteiger partial charge in [-0.25, -0.2) is 4.98 Å². The molecule has 1 amide bonds. The molecule has 0 saturated carbocycles. The van der Waals surface area contributed by atoms with E-state index in [4.69, 9.17) is 16.3 Å². The molecule has 0 radical (unpaired) electrons. The lowest BCUT2D eigenvalue weighted by Crippen LogP contribution is -3.08. The number of anilines is 1. The van der Waals surface area contributed by atoms with Crippen molar-refractivity contribution in [1.29, 1.82) is 0 Å². The van der Waals surface area contributed by atoms with Crippen molar-refractivity contribution in [2.24, 2.45) is 0 Å². The molecule has 27 heavy (non-hydrogen) atoms. The van der Waals surface area contributed by atoms with Gasteiger partial charge in [-0.2, -0.15) is 0 Å². The van der Waals surface area contributed by atoms with Gasteiger partial charge in [-0.3, -0.25) is 4.79 Å². The van der Waals surface area contributed by atoms with Gasteiger partial charge in [-0.05, 0) is 18.2 Å². The first-order valence-electron chi connectivity index (χ1n) is 8.49. The van der Waals surface area contributed by atoms with E-state index in [1.807, 2.05) is 42.8 Å². The van der Waals surface area contributed by atoms with Crippen LogP contribution in [-0.2, 0) is 11.3 Å². The largest absolute Gasteiger partial charge is 0.495 e. The van der Waals surface area contributed by atoms with Crippen molar-refractivity contribution in [2.75, 3.05) is 26.0 Å². The number of nitrogens with zero attached hydrogens (tertiary/aromatic N) is 1. The lowest BCUT2D eigenvalue weighted by atomic mass is 10.2. The zero-order valence-corrected chi connectivity index (χ0v) is 16.7. The number of carbonyl (C=O) groups excluding carboxylic acids is 1. The summed E-state index contributed by atoms with van der Waals surface area (Å²) in [5, 5.41) is 6.44. The minimum absolute atomic E-state index is 0.105. The van der Waals surface area contributed by atoms with E-state index in [2.05, 4.69) is 10.3 Å². The first-order valence-corrected chi connectivity index (χ1v) is 9.75. The van der Waals surface area contributed by atoms with Gasteiger partial charge >= 0.3 is 0 Å². The molecule has 0 aliphatic rings. The average Bonchev–Trinajstić information content (AvgIpc) is 3.11. The third-order valence-corrected chi connectivity index (χ3v) is 5.13. The highest BCUT2D eigenvalue weighted by Crippen LogP contribution is 2.27. The second-order valence-electron chi connectivity index (χ2n) is 6.21. The van der Waals surface area contributed by atoms with Gasteiger partial charge in [0.1, 0.15) is 23.0 Å². The standard InChI is InChI=1S/C20H20ClN3O2S/c1-24(11-16-13-27-20(22-16)14-6-4-3-5-7-14)12-19(25)23-17-10-15(21)8-9-18(17)26-2/h3-10,13H,11-12H2,1-2H3,(H,23,25)/p+1. The van der Waals surface area contributed by atoms with E-state index in [9.17, 15) is 4.79 Å². The maximum atomic E-state index is 12.4. The Morgan fingerprint density at radius 3 is 2.78 bits per heavy atom. The van der Waals surface area contributed by atoms with Gasteiger partial charge < -0.3 is 15.0 Å². The van der Waals surface area contributed by atoms with Gasteiger partial charge in [0.05, 0.1) is 19.8 Å². The molecule has 3 aromatic rings. The number of likely N-dealkylation sites (N-methyl/N-ethyl adjacent to an activating group) is 1. The number of methoxy groups -OCH3 is 1. The van der Waals surface area contributed by atoms with Crippen LogP contribution in [0.2, 0.25) is 5.02 Å². The number of amides is 1. The summed E-state index contributed by atoms with van der Waals surface area (Å²) in [6.45, 7) is 0.983. The SMILES string of the molecule is COc1ccc(Cl)cc1NC(=O)C[NH+](C)Cc1csc(-c2ccccc2)n1. The molecular formula is C20H21ClN3O2S+. The molecule has 1 unspecified atom stereocenters. The normalized spacial score (nSPS) is 11.8. The molecule has 3 rings (SSSR count). The van der Waals surface area contributed by atoms with Gasteiger partial charge in [0.25, 0.3) is 5.91 Å². The van der Waals surface area contributed by atoms with Gasteiger partial charge in [0.2, 0.25) is 0 Å². The van der Waals surface area contributed by atoms with Gasteiger partial charge in [-0.1, -0.05) is 41.9 Å². The molecule has 0 bridgehead atoms. The van der Waals surface area contributed by atoms with Crippen molar-refractivity contribution < 1.29 is 14.4 Å². The summed E-state index contributed by atoms with van der Waals surface area (Å²) in [7, 11) is 3.53. The fraction of sp³-hybridized carbons (Fsp3) is 0.200. The molecular weight excluding hydrogens is 382 g/mol. The zero-order chi connectivity index (χ0) is 19.2. The number of hydrogen-bond acceptors (Lipinski definition) is 4. The lowest BCUT2D eigenvalue weighted by molar-refractivity contribution is -0.885. The highest BCUT2D eigenvalue weighted by molar-refractivity contribution is 7.13. The van der Waals surface area contributed by atoms with Crippen molar-refractivity contribution in [1.82, 2.24) is 4.98 Å². The third kappa shape index (κ3) is 5.29. The van der Waals surface area contributed by atoms with Crippen LogP contribution in [0.3, 0.4) is 0 Å². The summed E-state index contributed by atoms with van der Waals surface area (Å²) in [5.41, 5.74) is 2.66. The number of rotatable bonds is 7. The Morgan fingerprint density at radius 2 is 2.04 bits per heavy atom. The molecule has 0 aliphatic carbocycles. The summed E-state index contributed by atoms with van der Waals surface area (Å²) in [5.74, 6) is 0.476. The monoisotopic (exact) mass is 402 g/mol. The molecule has 7 heteroatoms. The second-order valence-corrected chi connectivity index (χ2v) is 7.51. The second kappa shape index (κ2) is 8.99. The smallest absolute Gasteiger partial charge is 0.279 e. The molecule has 1 atom stereocenters. The number of thiazole rings is 1. The molecule has 0 fully saturated rings. The van der Waals surface area contributed by atoms with Crippen LogP contribution in [-0.4, -0.2) is 31.6 Å². The molecule has 1 heterocycles. The number of benzene rings is 2. The van der Waals surface area contributed by atoms with E-state index in [1.165, 1.54) is 0 Å². The summed E-state index contributed by atoms with van der Waals surface area (Å²) < 4.78 is 5.26. The number of quaternary nitrogens is 1. The number of carbonyl (C=O) groups is 1. The molecule has 0 aliphatic heterocycles. The maximum absolute atomic E-state index is 12.4. The number of hydrogen-bond donors (Lipinski definition) is 2. The van der Waals surface area contributed by atoms with Crippen molar-refractivity contribution >= 4 is 34.5 Å². The number of nitrogens with one attached hydrogen (secondary N) is 2. The Morgan fingerprint density at radius 1 is 1.26 bits per heavy atom. The fourth-order valence-electron chi connectivity index (χ4n) is 2.72. The molecule has 0 saturated heterocycles. The molecule has 2 aromatic carbocycles. The zero-order valence-electron chi connectivity index (χ0n) is 15.2. The Kier molecular flexibility index (Phi) is 6.45. The van der Waals surface area contributed by atoms with Crippen LogP contribution in [0.1, 0.15) is 5.69 Å². The van der Waals surface area contributed by atoms with Crippen LogP contribution in [0.4, 0.5) is 5.69 Å². The first-order chi connectivity index (χ1) is 13.0. The summed E-state index contributed by atoms with van der Waals surface area (Å²) in [4.78, 5) is 18.1. The van der Waals surface area contributed by atoms with E-state index in [-0.39, 0.29) is 5.91 Å². The lowest BCUT2D eigenvalue weighted by Gasteiger charge is -2.14. The summed E-state index contributed by atoms with van der Waals surface area (Å²) in [6.07, 6.45) is 0. The van der Waals surface area contributed by atoms with E-state index in [0.717, 1.165) is 21.2 Å². The average molecular weight is 403 g/mol.